The summed E-state index contributed by atoms with van der Waals surface area (Å²) < 4.78 is 10.4. The number of ether oxygens (including phenoxy) is 1. The minimum atomic E-state index is 0.262. The van der Waals surface area contributed by atoms with E-state index in [2.05, 4.69) is 5.16 Å². The Balaban J connectivity index is 2.17. The highest BCUT2D eigenvalue weighted by molar-refractivity contribution is 6.30. The van der Waals surface area contributed by atoms with E-state index in [0.29, 0.717) is 10.7 Å². The molecule has 21 heavy (non-hydrogen) atoms. The van der Waals surface area contributed by atoms with Crippen LogP contribution in [0.4, 0.5) is 5.88 Å². The normalized spacial score (nSPS) is 10.6. The Morgan fingerprint density at radius 3 is 2.62 bits per heavy atom. The highest BCUT2D eigenvalue weighted by Gasteiger charge is 2.18. The Morgan fingerprint density at radius 1 is 1.10 bits per heavy atom. The number of nitrogen functional groups attached to an aromatic ring is 1. The molecule has 0 unspecified atom stereocenters. The third kappa shape index (κ3) is 2.58. The lowest BCUT2D eigenvalue weighted by Gasteiger charge is -2.05. The second kappa shape index (κ2) is 5.50. The topological polar surface area (TPSA) is 61.3 Å². The molecule has 106 valence electrons. The van der Waals surface area contributed by atoms with Crippen LogP contribution in [-0.2, 0) is 0 Å². The van der Waals surface area contributed by atoms with Gasteiger partial charge in [0, 0.05) is 10.6 Å². The third-order valence-corrected chi connectivity index (χ3v) is 3.41. The highest BCUT2D eigenvalue weighted by atomic mass is 35.5. The Bertz CT molecular complexity index is 783. The first-order valence-electron chi connectivity index (χ1n) is 6.34. The van der Waals surface area contributed by atoms with E-state index in [0.717, 1.165) is 22.4 Å². The second-order valence-corrected chi connectivity index (χ2v) is 4.95. The van der Waals surface area contributed by atoms with Crippen LogP contribution < -0.4 is 10.5 Å². The summed E-state index contributed by atoms with van der Waals surface area (Å²) in [7, 11) is 1.62. The van der Waals surface area contributed by atoms with Crippen molar-refractivity contribution in [2.75, 3.05) is 12.8 Å². The van der Waals surface area contributed by atoms with Gasteiger partial charge in [0.15, 0.2) is 0 Å². The third-order valence-electron chi connectivity index (χ3n) is 3.17. The molecule has 0 bridgehead atoms. The average Bonchev–Trinajstić information content (AvgIpc) is 2.89. The van der Waals surface area contributed by atoms with Gasteiger partial charge < -0.3 is 15.0 Å². The van der Waals surface area contributed by atoms with E-state index >= 15 is 0 Å². The van der Waals surface area contributed by atoms with Gasteiger partial charge in [0.05, 0.1) is 12.7 Å². The van der Waals surface area contributed by atoms with Crippen LogP contribution in [0.5, 0.6) is 5.75 Å². The molecule has 1 aromatic heterocycles. The summed E-state index contributed by atoms with van der Waals surface area (Å²) in [6.07, 6.45) is 0. The van der Waals surface area contributed by atoms with Crippen molar-refractivity contribution in [1.29, 1.82) is 0 Å². The van der Waals surface area contributed by atoms with Crippen molar-refractivity contribution >= 4 is 17.5 Å². The summed E-state index contributed by atoms with van der Waals surface area (Å²) in [5, 5.41) is 4.69. The number of methoxy groups -OCH3 is 1. The zero-order chi connectivity index (χ0) is 14.8. The molecule has 0 aliphatic heterocycles. The number of anilines is 1. The first-order chi connectivity index (χ1) is 10.2. The van der Waals surface area contributed by atoms with Gasteiger partial charge in [-0.3, -0.25) is 0 Å². The number of aromatic nitrogens is 1. The molecule has 0 amide bonds. The van der Waals surface area contributed by atoms with Crippen molar-refractivity contribution in [3.8, 4) is 28.1 Å². The number of hydrogen-bond acceptors (Lipinski definition) is 4. The number of nitrogens with zero attached hydrogens (tertiary/aromatic N) is 1. The molecule has 0 saturated carbocycles. The van der Waals surface area contributed by atoms with Gasteiger partial charge >= 0.3 is 0 Å². The Morgan fingerprint density at radius 2 is 1.86 bits per heavy atom. The monoisotopic (exact) mass is 300 g/mol. The van der Waals surface area contributed by atoms with E-state index in [1.807, 2.05) is 42.5 Å². The van der Waals surface area contributed by atoms with Crippen LogP contribution in [0.25, 0.3) is 22.4 Å². The van der Waals surface area contributed by atoms with Crippen LogP contribution in [-0.4, -0.2) is 12.3 Å². The van der Waals surface area contributed by atoms with Crippen LogP contribution >= 0.6 is 11.6 Å². The molecule has 0 radical (unpaired) electrons. The number of rotatable bonds is 3. The number of benzene rings is 2. The highest BCUT2D eigenvalue weighted by Crippen LogP contribution is 2.37. The van der Waals surface area contributed by atoms with Gasteiger partial charge in [0.25, 0.3) is 0 Å². The average molecular weight is 301 g/mol. The molecule has 2 aromatic carbocycles. The molecule has 0 aliphatic rings. The molecular weight excluding hydrogens is 288 g/mol. The first-order valence-corrected chi connectivity index (χ1v) is 6.72. The minimum absolute atomic E-state index is 0.262. The molecular formula is C16H13ClN2O2. The van der Waals surface area contributed by atoms with Gasteiger partial charge in [-0.15, -0.1) is 0 Å². The molecule has 3 rings (SSSR count). The molecule has 0 atom stereocenters. The van der Waals surface area contributed by atoms with Gasteiger partial charge in [-0.2, -0.15) is 0 Å². The van der Waals surface area contributed by atoms with E-state index in [9.17, 15) is 0 Å². The van der Waals surface area contributed by atoms with E-state index < -0.39 is 0 Å². The van der Waals surface area contributed by atoms with Gasteiger partial charge in [0.2, 0.25) is 5.88 Å². The first kappa shape index (κ1) is 13.5. The predicted molar refractivity (Wildman–Crippen MR) is 83.3 cm³/mol. The Hall–Kier alpha value is -2.46. The Labute approximate surface area is 127 Å². The molecule has 2 N–H and O–H groups in total. The minimum Gasteiger partial charge on any atom is -0.497 e. The zero-order valence-corrected chi connectivity index (χ0v) is 12.1. The van der Waals surface area contributed by atoms with E-state index in [-0.39, 0.29) is 5.88 Å². The Kier molecular flexibility index (Phi) is 3.54. The molecule has 0 fully saturated rings. The maximum Gasteiger partial charge on any atom is 0.230 e. The summed E-state index contributed by atoms with van der Waals surface area (Å²) in [6.45, 7) is 0. The lowest BCUT2D eigenvalue weighted by Crippen LogP contribution is -1.89. The van der Waals surface area contributed by atoms with E-state index in [4.69, 9.17) is 26.6 Å². The standard InChI is InChI=1S/C16H13ClN2O2/c1-20-13-7-3-4-10(9-13)14-15(19-21-16(14)18)11-5-2-6-12(17)8-11/h2-9H,18H2,1H3. The van der Waals surface area contributed by atoms with Crippen LogP contribution in [0.15, 0.2) is 53.1 Å². The lowest BCUT2D eigenvalue weighted by atomic mass is 10.0. The van der Waals surface area contributed by atoms with Crippen molar-refractivity contribution in [2.45, 2.75) is 0 Å². The van der Waals surface area contributed by atoms with Crippen LogP contribution in [0.1, 0.15) is 0 Å². The second-order valence-electron chi connectivity index (χ2n) is 4.51. The lowest BCUT2D eigenvalue weighted by molar-refractivity contribution is 0.415. The fraction of sp³-hybridized carbons (Fsp3) is 0.0625. The SMILES string of the molecule is COc1cccc(-c2c(-c3cccc(Cl)c3)noc2N)c1. The largest absolute Gasteiger partial charge is 0.497 e. The number of halogens is 1. The van der Waals surface area contributed by atoms with Gasteiger partial charge in [-0.25, -0.2) is 0 Å². The maximum absolute atomic E-state index is 6.04. The summed E-state index contributed by atoms with van der Waals surface area (Å²) in [6, 6.07) is 15.0. The van der Waals surface area contributed by atoms with Crippen molar-refractivity contribution in [3.63, 3.8) is 0 Å². The smallest absolute Gasteiger partial charge is 0.230 e. The molecule has 4 nitrogen and oxygen atoms in total. The summed E-state index contributed by atoms with van der Waals surface area (Å²) in [4.78, 5) is 0. The number of hydrogen-bond donors (Lipinski definition) is 1. The van der Waals surface area contributed by atoms with E-state index in [1.54, 1.807) is 13.2 Å². The number of nitrogens with two attached hydrogens (primary N) is 1. The van der Waals surface area contributed by atoms with Gasteiger partial charge in [0.1, 0.15) is 11.4 Å². The maximum atomic E-state index is 6.04. The van der Waals surface area contributed by atoms with Crippen LogP contribution in [0.2, 0.25) is 5.02 Å². The zero-order valence-electron chi connectivity index (χ0n) is 11.3. The fourth-order valence-corrected chi connectivity index (χ4v) is 2.38. The molecule has 0 aliphatic carbocycles. The molecule has 0 saturated heterocycles. The molecule has 5 heteroatoms. The van der Waals surface area contributed by atoms with Crippen LogP contribution in [0.3, 0.4) is 0 Å². The van der Waals surface area contributed by atoms with Crippen molar-refractivity contribution in [3.05, 3.63) is 53.6 Å². The summed E-state index contributed by atoms with van der Waals surface area (Å²) in [5.74, 6) is 1.00. The van der Waals surface area contributed by atoms with E-state index in [1.165, 1.54) is 0 Å². The van der Waals surface area contributed by atoms with Crippen molar-refractivity contribution < 1.29 is 9.26 Å². The summed E-state index contributed by atoms with van der Waals surface area (Å²) >= 11 is 6.04. The quantitative estimate of drug-likeness (QED) is 0.785. The molecule has 1 heterocycles. The van der Waals surface area contributed by atoms with Gasteiger partial charge in [-0.05, 0) is 29.8 Å². The fourth-order valence-electron chi connectivity index (χ4n) is 2.19. The molecule has 0 spiro atoms. The van der Waals surface area contributed by atoms with Crippen molar-refractivity contribution in [2.24, 2.45) is 0 Å². The van der Waals surface area contributed by atoms with Crippen molar-refractivity contribution in [1.82, 2.24) is 5.16 Å². The van der Waals surface area contributed by atoms with Gasteiger partial charge in [-0.1, -0.05) is 41.0 Å². The predicted octanol–water partition coefficient (Wildman–Crippen LogP) is 4.25. The molecule has 3 aromatic rings. The van der Waals surface area contributed by atoms with Crippen LogP contribution in [0, 0.1) is 0 Å². The summed E-state index contributed by atoms with van der Waals surface area (Å²) in [5.41, 5.74) is 9.05.